The molecule has 28 heavy (non-hydrogen) atoms. The molecule has 1 aromatic heterocycles. The molecule has 1 heterocycles. The number of aliphatic carboxylic acids is 1. The third-order valence-electron chi connectivity index (χ3n) is 5.41. The molecule has 2 atom stereocenters. The average Bonchev–Trinajstić information content (AvgIpc) is 3.14. The van der Waals surface area contributed by atoms with Crippen LogP contribution in [0.3, 0.4) is 0 Å². The molecule has 0 aliphatic carbocycles. The summed E-state index contributed by atoms with van der Waals surface area (Å²) >= 11 is 19.8. The Morgan fingerprint density at radius 3 is 2.29 bits per heavy atom. The lowest BCUT2D eigenvalue weighted by Gasteiger charge is -2.27. The zero-order valence-electron chi connectivity index (χ0n) is 17.0. The van der Waals surface area contributed by atoms with Crippen molar-refractivity contribution < 1.29 is 9.90 Å². The minimum absolute atomic E-state index is 0.277. The highest BCUT2D eigenvalue weighted by Gasteiger charge is 2.25. The topological polar surface area (TPSA) is 37.3 Å². The average molecular weight is 486 g/mol. The first-order valence-electron chi connectivity index (χ1n) is 10.6. The Morgan fingerprint density at radius 2 is 1.71 bits per heavy atom. The van der Waals surface area contributed by atoms with E-state index in [-0.39, 0.29) is 6.42 Å². The maximum atomic E-state index is 10.8. The van der Waals surface area contributed by atoms with Crippen LogP contribution in [0.1, 0.15) is 95.5 Å². The molecule has 2 unspecified atom stereocenters. The van der Waals surface area contributed by atoms with E-state index in [2.05, 4.69) is 23.8 Å². The number of thiophene rings is 1. The summed E-state index contributed by atoms with van der Waals surface area (Å²) in [5.74, 6) is 0.514. The van der Waals surface area contributed by atoms with Gasteiger partial charge in [-0.1, -0.05) is 51.9 Å². The van der Waals surface area contributed by atoms with Gasteiger partial charge in [-0.3, -0.25) is 4.79 Å². The van der Waals surface area contributed by atoms with Crippen molar-refractivity contribution in [1.82, 2.24) is 0 Å². The molecule has 0 amide bonds. The van der Waals surface area contributed by atoms with Gasteiger partial charge in [-0.15, -0.1) is 33.2 Å². The fourth-order valence-corrected chi connectivity index (χ4v) is 6.49. The van der Waals surface area contributed by atoms with E-state index in [1.165, 1.54) is 37.7 Å². The molecule has 0 saturated carbocycles. The van der Waals surface area contributed by atoms with Crippen LogP contribution in [0.25, 0.3) is 0 Å². The third-order valence-corrected chi connectivity index (χ3v) is 8.73. The molecular formula is C21H35Cl3O2SSi. The SMILES string of the molecule is CCCCCC(c1ccsc1)C(CCCCC[Si](Cl)(Cl)Cl)CCCCC(=O)O. The highest BCUT2D eigenvalue weighted by Crippen LogP contribution is 2.38. The standard InChI is InChI=1S/C21H35Cl3O2SSi/c1-2-3-5-12-20(19-14-15-27-17-19)18(11-7-8-13-21(25)26)10-6-4-9-16-28(22,23)24/h14-15,17-18,20H,2-13,16H2,1H3,(H,25,26). The number of carbonyl (C=O) groups is 1. The van der Waals surface area contributed by atoms with Crippen LogP contribution in [0.5, 0.6) is 0 Å². The molecule has 0 fully saturated rings. The molecule has 0 radical (unpaired) electrons. The Hall–Kier alpha value is 0.257. The molecule has 0 bridgehead atoms. The van der Waals surface area contributed by atoms with Crippen molar-refractivity contribution in [2.75, 3.05) is 0 Å². The van der Waals surface area contributed by atoms with Crippen LogP contribution in [0.2, 0.25) is 6.04 Å². The van der Waals surface area contributed by atoms with Gasteiger partial charge < -0.3 is 5.11 Å². The van der Waals surface area contributed by atoms with Crippen LogP contribution in [0, 0.1) is 5.92 Å². The number of hydrogen-bond acceptors (Lipinski definition) is 2. The van der Waals surface area contributed by atoms with E-state index < -0.39 is 12.0 Å². The van der Waals surface area contributed by atoms with E-state index in [0.717, 1.165) is 44.6 Å². The molecule has 7 heteroatoms. The second-order valence-electron chi connectivity index (χ2n) is 7.77. The van der Waals surface area contributed by atoms with Crippen LogP contribution < -0.4 is 0 Å². The van der Waals surface area contributed by atoms with Crippen molar-refractivity contribution in [2.24, 2.45) is 5.92 Å². The lowest BCUT2D eigenvalue weighted by molar-refractivity contribution is -0.137. The molecule has 0 aliphatic rings. The fraction of sp³-hybridized carbons (Fsp3) is 0.762. The first-order chi connectivity index (χ1) is 13.3. The summed E-state index contributed by atoms with van der Waals surface area (Å²) in [6, 6.07) is 0.523. The summed E-state index contributed by atoms with van der Waals surface area (Å²) < 4.78 is 0. The quantitative estimate of drug-likeness (QED) is 0.136. The van der Waals surface area contributed by atoms with Gasteiger partial charge in [-0.05, 0) is 66.0 Å². The smallest absolute Gasteiger partial charge is 0.341 e. The van der Waals surface area contributed by atoms with E-state index in [1.807, 2.05) is 0 Å². The minimum atomic E-state index is -2.50. The van der Waals surface area contributed by atoms with E-state index in [4.69, 9.17) is 38.3 Å². The second-order valence-corrected chi connectivity index (χ2v) is 17.8. The van der Waals surface area contributed by atoms with Gasteiger partial charge in [0.25, 0.3) is 0 Å². The molecule has 1 aromatic rings. The molecule has 1 N–H and O–H groups in total. The molecule has 162 valence electrons. The predicted molar refractivity (Wildman–Crippen MR) is 127 cm³/mol. The monoisotopic (exact) mass is 484 g/mol. The van der Waals surface area contributed by atoms with Crippen LogP contribution >= 0.6 is 44.6 Å². The van der Waals surface area contributed by atoms with Crippen molar-refractivity contribution >= 4 is 56.5 Å². The molecule has 2 nitrogen and oxygen atoms in total. The first-order valence-corrected chi connectivity index (χ1v) is 16.8. The van der Waals surface area contributed by atoms with E-state index in [1.54, 1.807) is 11.3 Å². The summed E-state index contributed by atoms with van der Waals surface area (Å²) in [6.07, 6.45) is 12.6. The first kappa shape index (κ1) is 26.3. The van der Waals surface area contributed by atoms with Crippen molar-refractivity contribution in [1.29, 1.82) is 0 Å². The molecular weight excluding hydrogens is 451 g/mol. The van der Waals surface area contributed by atoms with Gasteiger partial charge in [0.15, 0.2) is 0 Å². The predicted octanol–water partition coefficient (Wildman–Crippen LogP) is 8.89. The van der Waals surface area contributed by atoms with Gasteiger partial charge in [0.1, 0.15) is 0 Å². The number of carboxylic acid groups (broad SMARTS) is 1. The van der Waals surface area contributed by atoms with E-state index in [9.17, 15) is 4.79 Å². The minimum Gasteiger partial charge on any atom is -0.481 e. The Labute approximate surface area is 190 Å². The Kier molecular flexibility index (Phi) is 14.2. The molecule has 0 spiro atoms. The second kappa shape index (κ2) is 15.1. The van der Waals surface area contributed by atoms with Crippen LogP contribution in [-0.4, -0.2) is 17.1 Å². The third kappa shape index (κ3) is 12.7. The van der Waals surface area contributed by atoms with Crippen molar-refractivity contribution in [2.45, 2.75) is 95.9 Å². The summed E-state index contributed by atoms with van der Waals surface area (Å²) in [6.45, 7) is 2.25. The van der Waals surface area contributed by atoms with E-state index in [0.29, 0.717) is 11.8 Å². The van der Waals surface area contributed by atoms with Crippen molar-refractivity contribution in [3.63, 3.8) is 0 Å². The summed E-state index contributed by atoms with van der Waals surface area (Å²) in [5, 5.41) is 13.4. The van der Waals surface area contributed by atoms with Gasteiger partial charge in [-0.2, -0.15) is 11.3 Å². The molecule has 1 rings (SSSR count). The van der Waals surface area contributed by atoms with Crippen molar-refractivity contribution in [3.05, 3.63) is 22.4 Å². The summed E-state index contributed by atoms with van der Waals surface area (Å²) in [7, 11) is 0. The van der Waals surface area contributed by atoms with Crippen LogP contribution in [0.4, 0.5) is 0 Å². The Morgan fingerprint density at radius 1 is 1.04 bits per heavy atom. The van der Waals surface area contributed by atoms with Gasteiger partial charge in [0, 0.05) is 6.42 Å². The van der Waals surface area contributed by atoms with Crippen molar-refractivity contribution in [3.8, 4) is 0 Å². The van der Waals surface area contributed by atoms with Gasteiger partial charge >= 0.3 is 12.0 Å². The summed E-state index contributed by atoms with van der Waals surface area (Å²) in [5.41, 5.74) is 1.47. The lowest BCUT2D eigenvalue weighted by Crippen LogP contribution is -2.14. The number of halogens is 3. The Balaban J connectivity index is 2.64. The van der Waals surface area contributed by atoms with Gasteiger partial charge in [0.05, 0.1) is 0 Å². The normalized spacial score (nSPS) is 14.1. The molecule has 0 aliphatic heterocycles. The Bertz CT molecular complexity index is 520. The van der Waals surface area contributed by atoms with Gasteiger partial charge in [-0.25, -0.2) is 0 Å². The van der Waals surface area contributed by atoms with Crippen LogP contribution in [0.15, 0.2) is 16.8 Å². The maximum Gasteiger partial charge on any atom is 0.341 e. The van der Waals surface area contributed by atoms with E-state index >= 15 is 0 Å². The highest BCUT2D eigenvalue weighted by molar-refractivity contribution is 7.64. The number of carboxylic acids is 1. The summed E-state index contributed by atoms with van der Waals surface area (Å²) in [4.78, 5) is 10.8. The number of rotatable bonds is 17. The highest BCUT2D eigenvalue weighted by atomic mass is 35.8. The number of unbranched alkanes of at least 4 members (excludes halogenated alkanes) is 5. The molecule has 0 aromatic carbocycles. The fourth-order valence-electron chi connectivity index (χ4n) is 3.91. The lowest BCUT2D eigenvalue weighted by atomic mass is 9.78. The zero-order valence-corrected chi connectivity index (χ0v) is 21.1. The van der Waals surface area contributed by atoms with Crippen LogP contribution in [-0.2, 0) is 4.79 Å². The maximum absolute atomic E-state index is 10.8. The zero-order chi connectivity index (χ0) is 20.8. The number of hydrogen-bond donors (Lipinski definition) is 1. The van der Waals surface area contributed by atoms with Gasteiger partial charge in [0.2, 0.25) is 0 Å². The largest absolute Gasteiger partial charge is 0.481 e. The molecule has 0 saturated heterocycles.